The Morgan fingerprint density at radius 2 is 2.00 bits per heavy atom. The molecule has 0 radical (unpaired) electrons. The quantitative estimate of drug-likeness (QED) is 0.919. The van der Waals surface area contributed by atoms with Gasteiger partial charge >= 0.3 is 0 Å². The molecule has 2 N–H and O–H groups in total. The Kier molecular flexibility index (Phi) is 4.00. The van der Waals surface area contributed by atoms with Gasteiger partial charge in [0, 0.05) is 5.69 Å². The predicted molar refractivity (Wildman–Crippen MR) is 75.1 cm³/mol. The fourth-order valence-corrected chi connectivity index (χ4v) is 2.41. The number of nitrogens with zero attached hydrogens (tertiary/aromatic N) is 2. The molecule has 1 aromatic carbocycles. The van der Waals surface area contributed by atoms with Crippen molar-refractivity contribution in [1.82, 2.24) is 9.78 Å². The first-order chi connectivity index (χ1) is 9.04. The summed E-state index contributed by atoms with van der Waals surface area (Å²) in [5.74, 6) is -0.217. The lowest BCUT2D eigenvalue weighted by Crippen LogP contribution is -2.03. The molecular weight excluding hydrogens is 241 g/mol. The second-order valence-corrected chi connectivity index (χ2v) is 4.88. The van der Waals surface area contributed by atoms with Gasteiger partial charge in [0.15, 0.2) is 0 Å². The summed E-state index contributed by atoms with van der Waals surface area (Å²) in [6, 6.07) is 4.78. The van der Waals surface area contributed by atoms with Crippen molar-refractivity contribution in [2.24, 2.45) is 5.73 Å². The summed E-state index contributed by atoms with van der Waals surface area (Å²) in [6.07, 6.45) is 1.89. The normalized spacial score (nSPS) is 11.0. The fraction of sp³-hybridized carbons (Fsp3) is 0.400. The maximum absolute atomic E-state index is 13.2. The van der Waals surface area contributed by atoms with Crippen molar-refractivity contribution in [3.63, 3.8) is 0 Å². The number of nitrogens with two attached hydrogens (primary N) is 1. The molecule has 0 aliphatic heterocycles. The van der Waals surface area contributed by atoms with Crippen LogP contribution in [0.15, 0.2) is 18.2 Å². The lowest BCUT2D eigenvalue weighted by Gasteiger charge is -2.08. The minimum atomic E-state index is -0.217. The van der Waals surface area contributed by atoms with Gasteiger partial charge in [0.2, 0.25) is 0 Å². The average molecular weight is 261 g/mol. The van der Waals surface area contributed by atoms with Crippen molar-refractivity contribution in [1.29, 1.82) is 0 Å². The van der Waals surface area contributed by atoms with Gasteiger partial charge in [-0.1, -0.05) is 0 Å². The van der Waals surface area contributed by atoms with Crippen LogP contribution in [-0.4, -0.2) is 16.3 Å². The number of halogens is 1. The van der Waals surface area contributed by atoms with E-state index in [1.807, 2.05) is 18.5 Å². The van der Waals surface area contributed by atoms with Gasteiger partial charge in [-0.25, -0.2) is 9.07 Å². The molecule has 1 heterocycles. The third-order valence-electron chi connectivity index (χ3n) is 3.46. The zero-order valence-corrected chi connectivity index (χ0v) is 11.7. The Balaban J connectivity index is 2.45. The molecule has 2 rings (SSSR count). The van der Waals surface area contributed by atoms with E-state index >= 15 is 0 Å². The van der Waals surface area contributed by atoms with E-state index in [4.69, 9.17) is 5.73 Å². The Morgan fingerprint density at radius 3 is 2.63 bits per heavy atom. The largest absolute Gasteiger partial charge is 0.330 e. The third kappa shape index (κ3) is 2.68. The molecule has 3 nitrogen and oxygen atoms in total. The van der Waals surface area contributed by atoms with Gasteiger partial charge in [0.25, 0.3) is 0 Å². The zero-order valence-electron chi connectivity index (χ0n) is 11.7. The van der Waals surface area contributed by atoms with Crippen LogP contribution in [0.25, 0.3) is 5.69 Å². The van der Waals surface area contributed by atoms with E-state index in [9.17, 15) is 4.39 Å². The zero-order chi connectivity index (χ0) is 14.0. The van der Waals surface area contributed by atoms with Crippen molar-refractivity contribution in [3.05, 3.63) is 46.5 Å². The van der Waals surface area contributed by atoms with Crippen molar-refractivity contribution in [2.45, 2.75) is 33.6 Å². The molecular formula is C15H20FN3. The molecule has 0 fully saturated rings. The average Bonchev–Trinajstić information content (AvgIpc) is 2.63. The molecule has 0 spiro atoms. The highest BCUT2D eigenvalue weighted by molar-refractivity contribution is 5.43. The van der Waals surface area contributed by atoms with Gasteiger partial charge in [0.05, 0.1) is 11.4 Å². The lowest BCUT2D eigenvalue weighted by molar-refractivity contribution is 0.625. The number of benzene rings is 1. The second kappa shape index (κ2) is 5.53. The molecule has 0 saturated heterocycles. The van der Waals surface area contributed by atoms with E-state index in [1.54, 1.807) is 6.07 Å². The summed E-state index contributed by atoms with van der Waals surface area (Å²) in [7, 11) is 0. The molecule has 19 heavy (non-hydrogen) atoms. The van der Waals surface area contributed by atoms with Crippen LogP contribution in [0.3, 0.4) is 0 Å². The molecule has 4 heteroatoms. The van der Waals surface area contributed by atoms with E-state index in [-0.39, 0.29) is 5.82 Å². The van der Waals surface area contributed by atoms with E-state index in [0.717, 1.165) is 35.5 Å². The third-order valence-corrected chi connectivity index (χ3v) is 3.46. The monoisotopic (exact) mass is 261 g/mol. The molecule has 0 saturated carbocycles. The van der Waals surface area contributed by atoms with Crippen LogP contribution in [0.2, 0.25) is 0 Å². The molecule has 1 aromatic heterocycles. The Bertz CT molecular complexity index is 587. The van der Waals surface area contributed by atoms with Crippen LogP contribution in [0, 0.1) is 26.6 Å². The van der Waals surface area contributed by atoms with Crippen LogP contribution in [0.1, 0.15) is 28.9 Å². The second-order valence-electron chi connectivity index (χ2n) is 4.88. The summed E-state index contributed by atoms with van der Waals surface area (Å²) < 4.78 is 15.1. The van der Waals surface area contributed by atoms with Crippen molar-refractivity contribution in [2.75, 3.05) is 6.54 Å². The molecule has 0 atom stereocenters. The summed E-state index contributed by atoms with van der Waals surface area (Å²) in [6.45, 7) is 6.64. The minimum Gasteiger partial charge on any atom is -0.330 e. The van der Waals surface area contributed by atoms with E-state index in [2.05, 4.69) is 12.0 Å². The van der Waals surface area contributed by atoms with Crippen molar-refractivity contribution >= 4 is 0 Å². The number of aromatic nitrogens is 2. The summed E-state index contributed by atoms with van der Waals surface area (Å²) in [5, 5.41) is 4.58. The Morgan fingerprint density at radius 1 is 1.26 bits per heavy atom. The van der Waals surface area contributed by atoms with Crippen LogP contribution in [0.4, 0.5) is 4.39 Å². The van der Waals surface area contributed by atoms with Crippen LogP contribution in [0.5, 0.6) is 0 Å². The van der Waals surface area contributed by atoms with Gasteiger partial charge in [0.1, 0.15) is 5.82 Å². The summed E-state index contributed by atoms with van der Waals surface area (Å²) in [4.78, 5) is 0. The van der Waals surface area contributed by atoms with Gasteiger partial charge in [-0.05, 0) is 69.5 Å². The van der Waals surface area contributed by atoms with Gasteiger partial charge in [-0.15, -0.1) is 0 Å². The molecule has 0 bridgehead atoms. The van der Waals surface area contributed by atoms with Crippen LogP contribution >= 0.6 is 0 Å². The smallest absolute Gasteiger partial charge is 0.123 e. The summed E-state index contributed by atoms with van der Waals surface area (Å²) >= 11 is 0. The topological polar surface area (TPSA) is 43.8 Å². The number of aryl methyl sites for hydroxylation is 2. The highest BCUT2D eigenvalue weighted by Gasteiger charge is 2.13. The predicted octanol–water partition coefficient (Wildman–Crippen LogP) is 2.83. The highest BCUT2D eigenvalue weighted by atomic mass is 19.1. The Labute approximate surface area is 113 Å². The van der Waals surface area contributed by atoms with Crippen molar-refractivity contribution < 1.29 is 4.39 Å². The maximum Gasteiger partial charge on any atom is 0.123 e. The fourth-order valence-electron chi connectivity index (χ4n) is 2.41. The van der Waals surface area contributed by atoms with Crippen molar-refractivity contribution in [3.8, 4) is 5.69 Å². The number of hydrogen-bond acceptors (Lipinski definition) is 2. The highest BCUT2D eigenvalue weighted by Crippen LogP contribution is 2.22. The van der Waals surface area contributed by atoms with Crippen LogP contribution < -0.4 is 5.73 Å². The Hall–Kier alpha value is -1.68. The molecule has 102 valence electrons. The standard InChI is InChI=1S/C15H20FN3/c1-10-9-13(16)6-7-15(10)19-12(3)14(5-4-8-17)11(2)18-19/h6-7,9H,4-5,8,17H2,1-3H3. The SMILES string of the molecule is Cc1cc(F)ccc1-n1nc(C)c(CCCN)c1C. The first-order valence-electron chi connectivity index (χ1n) is 6.56. The first kappa shape index (κ1) is 13.7. The molecule has 0 aliphatic rings. The number of rotatable bonds is 4. The maximum atomic E-state index is 13.2. The lowest BCUT2D eigenvalue weighted by atomic mass is 10.1. The molecule has 2 aromatic rings. The molecule has 0 unspecified atom stereocenters. The van der Waals surface area contributed by atoms with Gasteiger partial charge in [-0.2, -0.15) is 5.10 Å². The van der Waals surface area contributed by atoms with E-state index < -0.39 is 0 Å². The molecule has 0 aliphatic carbocycles. The van der Waals surface area contributed by atoms with E-state index in [0.29, 0.717) is 6.54 Å². The minimum absolute atomic E-state index is 0.217. The van der Waals surface area contributed by atoms with Crippen LogP contribution in [-0.2, 0) is 6.42 Å². The van der Waals surface area contributed by atoms with Gasteiger partial charge < -0.3 is 5.73 Å². The van der Waals surface area contributed by atoms with E-state index in [1.165, 1.54) is 17.7 Å². The first-order valence-corrected chi connectivity index (χ1v) is 6.56. The summed E-state index contributed by atoms with van der Waals surface area (Å²) in [5.41, 5.74) is 10.8. The van der Waals surface area contributed by atoms with Gasteiger partial charge in [-0.3, -0.25) is 0 Å². The molecule has 0 amide bonds. The number of hydrogen-bond donors (Lipinski definition) is 1.